The van der Waals surface area contributed by atoms with Gasteiger partial charge in [-0.15, -0.1) is 0 Å². The molecule has 2 heterocycles. The summed E-state index contributed by atoms with van der Waals surface area (Å²) in [6, 6.07) is 10.3. The van der Waals surface area contributed by atoms with Gasteiger partial charge in [0.05, 0.1) is 11.8 Å². The Hall–Kier alpha value is -2.89. The van der Waals surface area contributed by atoms with Crippen LogP contribution in [-0.4, -0.2) is 11.1 Å². The first-order chi connectivity index (χ1) is 10.2. The van der Waals surface area contributed by atoms with E-state index in [0.29, 0.717) is 17.2 Å². The van der Waals surface area contributed by atoms with Crippen LogP contribution in [0.3, 0.4) is 0 Å². The van der Waals surface area contributed by atoms with Crippen molar-refractivity contribution in [1.82, 2.24) is 5.16 Å². The molecule has 0 aliphatic rings. The van der Waals surface area contributed by atoms with Crippen LogP contribution < -0.4 is 0 Å². The molecule has 0 atom stereocenters. The van der Waals surface area contributed by atoms with Crippen molar-refractivity contribution in [3.63, 3.8) is 0 Å². The van der Waals surface area contributed by atoms with Gasteiger partial charge in [0.1, 0.15) is 18.1 Å². The van der Waals surface area contributed by atoms with Crippen molar-refractivity contribution < 1.29 is 22.9 Å². The summed E-state index contributed by atoms with van der Waals surface area (Å²) in [6.45, 7) is -0.0699. The third-order valence-electron chi connectivity index (χ3n) is 2.73. The fourth-order valence-corrected chi connectivity index (χ4v) is 1.75. The van der Waals surface area contributed by atoms with Gasteiger partial charge >= 0.3 is 5.97 Å². The van der Waals surface area contributed by atoms with E-state index in [1.807, 2.05) is 0 Å². The van der Waals surface area contributed by atoms with Crippen LogP contribution in [-0.2, 0) is 11.3 Å². The van der Waals surface area contributed by atoms with Gasteiger partial charge < -0.3 is 13.7 Å². The van der Waals surface area contributed by atoms with E-state index >= 15 is 0 Å². The minimum absolute atomic E-state index is 0.0699. The van der Waals surface area contributed by atoms with E-state index in [4.69, 9.17) is 13.7 Å². The molecule has 1 aromatic carbocycles. The normalized spacial score (nSPS) is 10.5. The van der Waals surface area contributed by atoms with Crippen LogP contribution in [0.2, 0.25) is 0 Å². The molecule has 0 saturated heterocycles. The Balaban J connectivity index is 1.64. The summed E-state index contributed by atoms with van der Waals surface area (Å²) >= 11 is 0. The molecule has 106 valence electrons. The number of esters is 1. The SMILES string of the molecule is O=C(OCc1cc(-c2ccco2)on1)c1cccc(F)c1. The predicted molar refractivity (Wildman–Crippen MR) is 69.7 cm³/mol. The maximum Gasteiger partial charge on any atom is 0.338 e. The first kappa shape index (κ1) is 13.1. The van der Waals surface area contributed by atoms with Gasteiger partial charge in [-0.1, -0.05) is 11.2 Å². The molecule has 3 aromatic rings. The highest BCUT2D eigenvalue weighted by atomic mass is 19.1. The van der Waals surface area contributed by atoms with Crippen LogP contribution in [0, 0.1) is 5.82 Å². The Bertz CT molecular complexity index is 749. The number of hydrogen-bond donors (Lipinski definition) is 0. The van der Waals surface area contributed by atoms with E-state index in [-0.39, 0.29) is 12.2 Å². The number of ether oxygens (including phenoxy) is 1. The lowest BCUT2D eigenvalue weighted by atomic mass is 10.2. The average Bonchev–Trinajstić information content (AvgIpc) is 3.15. The summed E-state index contributed by atoms with van der Waals surface area (Å²) < 4.78 is 28.3. The molecule has 0 unspecified atom stereocenters. The zero-order chi connectivity index (χ0) is 14.7. The minimum Gasteiger partial charge on any atom is -0.461 e. The maximum atomic E-state index is 13.0. The molecule has 3 rings (SSSR count). The first-order valence-electron chi connectivity index (χ1n) is 6.14. The summed E-state index contributed by atoms with van der Waals surface area (Å²) in [6.07, 6.45) is 1.52. The van der Waals surface area contributed by atoms with Gasteiger partial charge in [-0.25, -0.2) is 9.18 Å². The second-order valence-corrected chi connectivity index (χ2v) is 4.25. The van der Waals surface area contributed by atoms with Crippen molar-refractivity contribution in [3.05, 3.63) is 65.8 Å². The Labute approximate surface area is 118 Å². The quantitative estimate of drug-likeness (QED) is 0.688. The largest absolute Gasteiger partial charge is 0.461 e. The van der Waals surface area contributed by atoms with Crippen LogP contribution in [0.5, 0.6) is 0 Å². The molecule has 6 heteroatoms. The molecule has 5 nitrogen and oxygen atoms in total. The topological polar surface area (TPSA) is 65.5 Å². The molecule has 0 bridgehead atoms. The van der Waals surface area contributed by atoms with Crippen LogP contribution in [0.25, 0.3) is 11.5 Å². The number of hydrogen-bond acceptors (Lipinski definition) is 5. The van der Waals surface area contributed by atoms with Crippen LogP contribution in [0.1, 0.15) is 16.1 Å². The maximum absolute atomic E-state index is 13.0. The highest BCUT2D eigenvalue weighted by Crippen LogP contribution is 2.21. The monoisotopic (exact) mass is 287 g/mol. The van der Waals surface area contributed by atoms with Crippen molar-refractivity contribution >= 4 is 5.97 Å². The molecule has 0 aliphatic heterocycles. The summed E-state index contributed by atoms with van der Waals surface area (Å²) in [5.74, 6) is -0.148. The summed E-state index contributed by atoms with van der Waals surface area (Å²) in [4.78, 5) is 11.7. The smallest absolute Gasteiger partial charge is 0.338 e. The van der Waals surface area contributed by atoms with Crippen molar-refractivity contribution in [1.29, 1.82) is 0 Å². The summed E-state index contributed by atoms with van der Waals surface area (Å²) in [5.41, 5.74) is 0.580. The molecular weight excluding hydrogens is 277 g/mol. The zero-order valence-corrected chi connectivity index (χ0v) is 10.8. The lowest BCUT2D eigenvalue weighted by Crippen LogP contribution is -2.05. The fraction of sp³-hybridized carbons (Fsp3) is 0.0667. The van der Waals surface area contributed by atoms with Gasteiger partial charge in [-0.05, 0) is 30.3 Å². The predicted octanol–water partition coefficient (Wildman–Crippen LogP) is 3.43. The lowest BCUT2D eigenvalue weighted by Gasteiger charge is -2.02. The highest BCUT2D eigenvalue weighted by Gasteiger charge is 2.12. The molecule has 0 fully saturated rings. The van der Waals surface area contributed by atoms with E-state index < -0.39 is 11.8 Å². The van der Waals surface area contributed by atoms with Gasteiger partial charge in [-0.2, -0.15) is 0 Å². The third-order valence-corrected chi connectivity index (χ3v) is 2.73. The third kappa shape index (κ3) is 3.00. The van der Waals surface area contributed by atoms with Gasteiger partial charge in [0.25, 0.3) is 0 Å². The van der Waals surface area contributed by atoms with E-state index in [1.165, 1.54) is 24.5 Å². The number of halogens is 1. The van der Waals surface area contributed by atoms with E-state index in [1.54, 1.807) is 18.2 Å². The van der Waals surface area contributed by atoms with E-state index in [2.05, 4.69) is 5.16 Å². The first-order valence-corrected chi connectivity index (χ1v) is 6.14. The van der Waals surface area contributed by atoms with Crippen LogP contribution >= 0.6 is 0 Å². The molecule has 21 heavy (non-hydrogen) atoms. The van der Waals surface area contributed by atoms with Crippen LogP contribution in [0.4, 0.5) is 4.39 Å². The lowest BCUT2D eigenvalue weighted by molar-refractivity contribution is 0.0463. The van der Waals surface area contributed by atoms with E-state index in [0.717, 1.165) is 6.07 Å². The molecule has 0 aliphatic carbocycles. The molecule has 0 spiro atoms. The Morgan fingerprint density at radius 2 is 2.10 bits per heavy atom. The van der Waals surface area contributed by atoms with Gasteiger partial charge in [0.15, 0.2) is 5.76 Å². The number of aromatic nitrogens is 1. The number of carbonyl (C=O) groups excluding carboxylic acids is 1. The fourth-order valence-electron chi connectivity index (χ4n) is 1.75. The van der Waals surface area contributed by atoms with Gasteiger partial charge in [0, 0.05) is 6.07 Å². The Kier molecular flexibility index (Phi) is 3.51. The Morgan fingerprint density at radius 3 is 2.86 bits per heavy atom. The number of benzene rings is 1. The van der Waals surface area contributed by atoms with Crippen molar-refractivity contribution in [3.8, 4) is 11.5 Å². The van der Waals surface area contributed by atoms with Crippen LogP contribution in [0.15, 0.2) is 57.7 Å². The molecule has 0 amide bonds. The second kappa shape index (κ2) is 5.62. The standard InChI is InChI=1S/C15H10FNO4/c16-11-4-1-3-10(7-11)15(18)20-9-12-8-14(21-17-12)13-5-2-6-19-13/h1-8H,9H2. The van der Waals surface area contributed by atoms with Crippen molar-refractivity contribution in [2.75, 3.05) is 0 Å². The summed E-state index contributed by atoms with van der Waals surface area (Å²) in [7, 11) is 0. The number of carbonyl (C=O) groups is 1. The molecule has 2 aromatic heterocycles. The van der Waals surface area contributed by atoms with Crippen molar-refractivity contribution in [2.45, 2.75) is 6.61 Å². The van der Waals surface area contributed by atoms with E-state index in [9.17, 15) is 9.18 Å². The average molecular weight is 287 g/mol. The Morgan fingerprint density at radius 1 is 1.19 bits per heavy atom. The van der Waals surface area contributed by atoms with Gasteiger partial charge in [-0.3, -0.25) is 0 Å². The van der Waals surface area contributed by atoms with Crippen molar-refractivity contribution in [2.24, 2.45) is 0 Å². The minimum atomic E-state index is -0.628. The zero-order valence-electron chi connectivity index (χ0n) is 10.8. The molecule has 0 radical (unpaired) electrons. The number of nitrogens with zero attached hydrogens (tertiary/aromatic N) is 1. The number of furan rings is 1. The molecule has 0 saturated carbocycles. The molecular formula is C15H10FNO4. The highest BCUT2D eigenvalue weighted by molar-refractivity contribution is 5.89. The molecule has 0 N–H and O–H groups in total. The summed E-state index contributed by atoms with van der Waals surface area (Å²) in [5, 5.41) is 3.77. The second-order valence-electron chi connectivity index (χ2n) is 4.25. The van der Waals surface area contributed by atoms with Gasteiger partial charge in [0.2, 0.25) is 5.76 Å². The number of rotatable bonds is 4.